The first-order valence-electron chi connectivity index (χ1n) is 10.4. The highest BCUT2D eigenvalue weighted by atomic mass is 16.2. The molecule has 1 fully saturated rings. The average molecular weight is 369 g/mol. The molecule has 27 heavy (non-hydrogen) atoms. The molecule has 1 aliphatic carbocycles. The first-order chi connectivity index (χ1) is 13.1. The van der Waals surface area contributed by atoms with Crippen LogP contribution in [0.3, 0.4) is 0 Å². The van der Waals surface area contributed by atoms with Crippen LogP contribution in [0.1, 0.15) is 55.7 Å². The van der Waals surface area contributed by atoms with Gasteiger partial charge in [0, 0.05) is 19.1 Å². The molecule has 0 bridgehead atoms. The minimum absolute atomic E-state index is 0.148. The zero-order chi connectivity index (χ0) is 19.2. The molecule has 1 aliphatic heterocycles. The molecule has 0 saturated carbocycles. The van der Waals surface area contributed by atoms with Crippen molar-refractivity contribution in [2.24, 2.45) is 5.92 Å². The Hall–Kier alpha value is -2.10. The summed E-state index contributed by atoms with van der Waals surface area (Å²) in [5, 5.41) is 2.85. The number of hydrogen-bond acceptors (Lipinski definition) is 2. The van der Waals surface area contributed by atoms with Gasteiger partial charge in [0.1, 0.15) is 0 Å². The van der Waals surface area contributed by atoms with Gasteiger partial charge in [0.2, 0.25) is 11.8 Å². The normalized spacial score (nSPS) is 22.0. The fourth-order valence-corrected chi connectivity index (χ4v) is 4.59. The fourth-order valence-electron chi connectivity index (χ4n) is 4.59. The largest absolute Gasteiger partial charge is 0.352 e. The number of aryl methyl sites for hydroxylation is 2. The number of benzene rings is 1. The van der Waals surface area contributed by atoms with Crippen LogP contribution in [0.5, 0.6) is 0 Å². The van der Waals surface area contributed by atoms with Gasteiger partial charge >= 0.3 is 0 Å². The molecule has 2 unspecified atom stereocenters. The van der Waals surface area contributed by atoms with Crippen LogP contribution < -0.4 is 5.32 Å². The van der Waals surface area contributed by atoms with E-state index in [1.807, 2.05) is 0 Å². The highest BCUT2D eigenvalue weighted by Gasteiger charge is 2.31. The maximum Gasteiger partial charge on any atom is 0.243 e. The van der Waals surface area contributed by atoms with Gasteiger partial charge in [-0.3, -0.25) is 9.59 Å². The van der Waals surface area contributed by atoms with E-state index in [1.54, 1.807) is 0 Å². The predicted octanol–water partition coefficient (Wildman–Crippen LogP) is 3.43. The van der Waals surface area contributed by atoms with Crippen LogP contribution in [0.25, 0.3) is 0 Å². The number of hydrogen-bond donors (Lipinski definition) is 1. The lowest BCUT2D eigenvalue weighted by Gasteiger charge is -2.40. The number of nitrogens with one attached hydrogen (secondary N) is 1. The summed E-state index contributed by atoms with van der Waals surface area (Å²) < 4.78 is 0. The molecule has 4 heteroatoms. The third-order valence-electron chi connectivity index (χ3n) is 6.13. The Bertz CT molecular complexity index is 698. The Labute approximate surface area is 163 Å². The third kappa shape index (κ3) is 5.00. The summed E-state index contributed by atoms with van der Waals surface area (Å²) in [6, 6.07) is 6.81. The SMILES string of the molecule is C=CC(=O)NCCC1C(C)CCCN1C(=O)Cc1ccc2c(c1)CCCC2. The van der Waals surface area contributed by atoms with E-state index < -0.39 is 0 Å². The van der Waals surface area contributed by atoms with Crippen molar-refractivity contribution in [2.45, 2.75) is 64.3 Å². The highest BCUT2D eigenvalue weighted by molar-refractivity contribution is 5.86. The highest BCUT2D eigenvalue weighted by Crippen LogP contribution is 2.27. The summed E-state index contributed by atoms with van der Waals surface area (Å²) in [4.78, 5) is 26.5. The lowest BCUT2D eigenvalue weighted by molar-refractivity contribution is -0.135. The van der Waals surface area contributed by atoms with Crippen molar-refractivity contribution in [1.29, 1.82) is 0 Å². The van der Waals surface area contributed by atoms with E-state index in [0.29, 0.717) is 18.9 Å². The van der Waals surface area contributed by atoms with E-state index in [2.05, 4.69) is 41.9 Å². The maximum atomic E-state index is 13.1. The van der Waals surface area contributed by atoms with Crippen molar-refractivity contribution in [1.82, 2.24) is 10.2 Å². The van der Waals surface area contributed by atoms with E-state index in [4.69, 9.17) is 0 Å². The van der Waals surface area contributed by atoms with Crippen LogP contribution in [0.15, 0.2) is 30.9 Å². The second kappa shape index (κ2) is 9.20. The van der Waals surface area contributed by atoms with Crippen molar-refractivity contribution >= 4 is 11.8 Å². The lowest BCUT2D eigenvalue weighted by Crippen LogP contribution is -2.49. The van der Waals surface area contributed by atoms with Gasteiger partial charge in [-0.05, 0) is 73.6 Å². The van der Waals surface area contributed by atoms with Crippen molar-refractivity contribution in [3.8, 4) is 0 Å². The van der Waals surface area contributed by atoms with Crippen LogP contribution in [-0.4, -0.2) is 35.8 Å². The number of rotatable bonds is 6. The van der Waals surface area contributed by atoms with Gasteiger partial charge in [-0.2, -0.15) is 0 Å². The lowest BCUT2D eigenvalue weighted by atomic mass is 9.87. The number of carbonyl (C=O) groups excluding carboxylic acids is 2. The van der Waals surface area contributed by atoms with Crippen molar-refractivity contribution < 1.29 is 9.59 Å². The molecule has 1 aromatic carbocycles. The van der Waals surface area contributed by atoms with Crippen LogP contribution in [0, 0.1) is 5.92 Å². The van der Waals surface area contributed by atoms with Gasteiger partial charge in [0.15, 0.2) is 0 Å². The summed E-state index contributed by atoms with van der Waals surface area (Å²) >= 11 is 0. The van der Waals surface area contributed by atoms with Gasteiger partial charge in [0.05, 0.1) is 6.42 Å². The van der Waals surface area contributed by atoms with E-state index in [-0.39, 0.29) is 17.9 Å². The Morgan fingerprint density at radius 1 is 1.22 bits per heavy atom. The van der Waals surface area contributed by atoms with Crippen molar-refractivity contribution in [3.63, 3.8) is 0 Å². The standard InChI is InChI=1S/C23H32N2O2/c1-3-22(26)24-13-12-21-17(2)7-6-14-25(21)23(27)16-18-10-11-19-8-4-5-9-20(19)15-18/h3,10-11,15,17,21H,1,4-9,12-14,16H2,2H3,(H,24,26). The number of carbonyl (C=O) groups is 2. The molecular formula is C23H32N2O2. The molecule has 1 N–H and O–H groups in total. The topological polar surface area (TPSA) is 49.4 Å². The molecule has 0 radical (unpaired) electrons. The van der Waals surface area contributed by atoms with Crippen molar-refractivity contribution in [2.75, 3.05) is 13.1 Å². The van der Waals surface area contributed by atoms with Crippen LogP contribution in [0.4, 0.5) is 0 Å². The Morgan fingerprint density at radius 3 is 2.78 bits per heavy atom. The molecule has 2 amide bonds. The van der Waals surface area contributed by atoms with Gasteiger partial charge in [0.25, 0.3) is 0 Å². The third-order valence-corrected chi connectivity index (χ3v) is 6.13. The Balaban J connectivity index is 1.63. The second-order valence-electron chi connectivity index (χ2n) is 8.04. The van der Waals surface area contributed by atoms with Gasteiger partial charge in [-0.15, -0.1) is 0 Å². The van der Waals surface area contributed by atoms with E-state index in [1.165, 1.54) is 36.5 Å². The van der Waals surface area contributed by atoms with E-state index >= 15 is 0 Å². The number of amides is 2. The van der Waals surface area contributed by atoms with Crippen LogP contribution >= 0.6 is 0 Å². The summed E-state index contributed by atoms with van der Waals surface area (Å²) in [7, 11) is 0. The molecule has 2 aliphatic rings. The number of nitrogens with zero attached hydrogens (tertiary/aromatic N) is 1. The first-order valence-corrected chi connectivity index (χ1v) is 10.4. The smallest absolute Gasteiger partial charge is 0.243 e. The second-order valence-corrected chi connectivity index (χ2v) is 8.04. The van der Waals surface area contributed by atoms with Crippen LogP contribution in [-0.2, 0) is 28.9 Å². The monoisotopic (exact) mass is 368 g/mol. The molecule has 3 rings (SSSR count). The number of likely N-dealkylation sites (tertiary alicyclic amines) is 1. The predicted molar refractivity (Wildman–Crippen MR) is 109 cm³/mol. The summed E-state index contributed by atoms with van der Waals surface area (Å²) in [6.07, 6.45) is 9.63. The fraction of sp³-hybridized carbons (Fsp3) is 0.565. The number of fused-ring (bicyclic) bond motifs is 1. The molecule has 1 aromatic rings. The molecule has 146 valence electrons. The van der Waals surface area contributed by atoms with Gasteiger partial charge in [-0.1, -0.05) is 31.7 Å². The molecular weight excluding hydrogens is 336 g/mol. The molecule has 4 nitrogen and oxygen atoms in total. The minimum Gasteiger partial charge on any atom is -0.352 e. The first kappa shape index (κ1) is 19.7. The molecule has 2 atom stereocenters. The van der Waals surface area contributed by atoms with E-state index in [0.717, 1.165) is 37.8 Å². The van der Waals surface area contributed by atoms with Gasteiger partial charge < -0.3 is 10.2 Å². The summed E-state index contributed by atoms with van der Waals surface area (Å²) in [5.41, 5.74) is 4.03. The zero-order valence-corrected chi connectivity index (χ0v) is 16.5. The molecule has 0 spiro atoms. The molecule has 0 aromatic heterocycles. The summed E-state index contributed by atoms with van der Waals surface area (Å²) in [6.45, 7) is 7.12. The zero-order valence-electron chi connectivity index (χ0n) is 16.5. The van der Waals surface area contributed by atoms with Crippen molar-refractivity contribution in [3.05, 3.63) is 47.5 Å². The minimum atomic E-state index is -0.148. The summed E-state index contributed by atoms with van der Waals surface area (Å²) in [5.74, 6) is 0.537. The maximum absolute atomic E-state index is 13.1. The van der Waals surface area contributed by atoms with E-state index in [9.17, 15) is 9.59 Å². The van der Waals surface area contributed by atoms with Crippen LogP contribution in [0.2, 0.25) is 0 Å². The Morgan fingerprint density at radius 2 is 2.00 bits per heavy atom. The quantitative estimate of drug-likeness (QED) is 0.782. The molecule has 1 heterocycles. The number of piperidine rings is 1. The average Bonchev–Trinajstić information content (AvgIpc) is 2.68. The van der Waals surface area contributed by atoms with Gasteiger partial charge in [-0.25, -0.2) is 0 Å². The Kier molecular flexibility index (Phi) is 6.70. The molecule has 1 saturated heterocycles.